The van der Waals surface area contributed by atoms with E-state index in [4.69, 9.17) is 11.6 Å². The number of benzene rings is 2. The molecule has 0 fully saturated rings. The minimum absolute atomic E-state index is 0.140. The maximum atomic E-state index is 13.5. The smallest absolute Gasteiger partial charge is 0.244 e. The van der Waals surface area contributed by atoms with E-state index in [0.717, 1.165) is 28.6 Å². The van der Waals surface area contributed by atoms with Crippen LogP contribution >= 0.6 is 11.6 Å². The van der Waals surface area contributed by atoms with Gasteiger partial charge < -0.3 is 5.32 Å². The zero-order chi connectivity index (χ0) is 21.8. The van der Waals surface area contributed by atoms with E-state index in [2.05, 4.69) is 12.2 Å². The van der Waals surface area contributed by atoms with E-state index in [0.29, 0.717) is 0 Å². The van der Waals surface area contributed by atoms with Gasteiger partial charge in [0, 0.05) is 0 Å². The summed E-state index contributed by atoms with van der Waals surface area (Å²) >= 11 is 5.83. The van der Waals surface area contributed by atoms with E-state index in [1.165, 1.54) is 17.7 Å². The fourth-order valence-corrected chi connectivity index (χ4v) is 4.50. The fourth-order valence-electron chi connectivity index (χ4n) is 3.12. The minimum Gasteiger partial charge on any atom is -0.348 e. The maximum Gasteiger partial charge on any atom is 0.244 e. The Morgan fingerprint density at radius 2 is 1.79 bits per heavy atom. The Labute approximate surface area is 176 Å². The van der Waals surface area contributed by atoms with Gasteiger partial charge in [0.05, 0.1) is 23.0 Å². The van der Waals surface area contributed by atoms with Crippen molar-refractivity contribution < 1.29 is 17.6 Å². The van der Waals surface area contributed by atoms with Crippen molar-refractivity contribution >= 4 is 33.2 Å². The number of carbonyl (C=O) groups excluding carboxylic acids is 1. The second-order valence-corrected chi connectivity index (χ2v) is 9.17. The van der Waals surface area contributed by atoms with Gasteiger partial charge in [-0.3, -0.25) is 9.10 Å². The van der Waals surface area contributed by atoms with Crippen molar-refractivity contribution in [2.75, 3.05) is 10.6 Å². The van der Waals surface area contributed by atoms with Crippen LogP contribution in [0.3, 0.4) is 0 Å². The molecule has 0 radical (unpaired) electrons. The molecule has 0 saturated heterocycles. The summed E-state index contributed by atoms with van der Waals surface area (Å²) in [5.74, 6) is -1.10. The van der Waals surface area contributed by atoms with Gasteiger partial charge in [0.25, 0.3) is 0 Å². The number of rotatable bonds is 8. The van der Waals surface area contributed by atoms with Crippen LogP contribution in [0.2, 0.25) is 5.02 Å². The third-order valence-corrected chi connectivity index (χ3v) is 6.20. The molecule has 2 aromatic carbocycles. The van der Waals surface area contributed by atoms with Crippen LogP contribution in [0.1, 0.15) is 44.4 Å². The van der Waals surface area contributed by atoms with Crippen molar-refractivity contribution in [3.63, 3.8) is 0 Å². The lowest BCUT2D eigenvalue weighted by molar-refractivity contribution is -0.122. The Balaban J connectivity index is 2.30. The van der Waals surface area contributed by atoms with E-state index in [1.807, 2.05) is 31.2 Å². The summed E-state index contributed by atoms with van der Waals surface area (Å²) in [6.45, 7) is 5.62. The first kappa shape index (κ1) is 23.2. The Morgan fingerprint density at radius 1 is 1.17 bits per heavy atom. The van der Waals surface area contributed by atoms with E-state index >= 15 is 0 Å². The number of halogens is 2. The van der Waals surface area contributed by atoms with Crippen LogP contribution in [0, 0.1) is 5.82 Å². The molecule has 29 heavy (non-hydrogen) atoms. The molecule has 2 aromatic rings. The summed E-state index contributed by atoms with van der Waals surface area (Å²) in [6, 6.07) is 10.2. The highest BCUT2D eigenvalue weighted by molar-refractivity contribution is 7.92. The zero-order valence-corrected chi connectivity index (χ0v) is 18.5. The standard InChI is InChI=1S/C21H26ClFN2O3S/c1-5-15-7-9-16(10-8-15)14(3)24-21(26)20(6-2)25(29(4,27)28)17-11-12-19(23)18(22)13-17/h7-14,20H,5-6H2,1-4H3,(H,24,26)/t14-,20-/m0/s1. The molecule has 1 amide bonds. The monoisotopic (exact) mass is 440 g/mol. The lowest BCUT2D eigenvalue weighted by Gasteiger charge is -2.31. The molecule has 8 heteroatoms. The predicted octanol–water partition coefficient (Wildman–Crippen LogP) is 4.46. The first-order valence-electron chi connectivity index (χ1n) is 9.42. The molecular formula is C21H26ClFN2O3S. The predicted molar refractivity (Wildman–Crippen MR) is 115 cm³/mol. The molecule has 1 N–H and O–H groups in total. The lowest BCUT2D eigenvalue weighted by Crippen LogP contribution is -2.49. The fraction of sp³-hybridized carbons (Fsp3) is 0.381. The Hall–Kier alpha value is -2.12. The Morgan fingerprint density at radius 3 is 2.28 bits per heavy atom. The largest absolute Gasteiger partial charge is 0.348 e. The average Bonchev–Trinajstić information content (AvgIpc) is 2.67. The van der Waals surface area contributed by atoms with E-state index < -0.39 is 27.8 Å². The second-order valence-electron chi connectivity index (χ2n) is 6.91. The van der Waals surface area contributed by atoms with Crippen molar-refractivity contribution in [3.8, 4) is 0 Å². The number of hydrogen-bond donors (Lipinski definition) is 1. The molecule has 5 nitrogen and oxygen atoms in total. The highest BCUT2D eigenvalue weighted by Gasteiger charge is 2.32. The number of carbonyl (C=O) groups is 1. The molecule has 0 aromatic heterocycles. The quantitative estimate of drug-likeness (QED) is 0.658. The molecule has 0 saturated carbocycles. The minimum atomic E-state index is -3.82. The third kappa shape index (κ3) is 5.70. The summed E-state index contributed by atoms with van der Waals surface area (Å²) in [6.07, 6.45) is 2.16. The summed E-state index contributed by atoms with van der Waals surface area (Å²) in [7, 11) is -3.82. The van der Waals surface area contributed by atoms with Crippen LogP contribution in [-0.2, 0) is 21.2 Å². The molecular weight excluding hydrogens is 415 g/mol. The molecule has 0 heterocycles. The number of sulfonamides is 1. The average molecular weight is 441 g/mol. The van der Waals surface area contributed by atoms with Gasteiger partial charge in [0.2, 0.25) is 15.9 Å². The topological polar surface area (TPSA) is 66.5 Å². The maximum absolute atomic E-state index is 13.5. The Bertz CT molecular complexity index is 964. The van der Waals surface area contributed by atoms with Crippen molar-refractivity contribution in [1.29, 1.82) is 0 Å². The molecule has 0 aliphatic carbocycles. The van der Waals surface area contributed by atoms with Crippen LogP contribution in [-0.4, -0.2) is 26.6 Å². The summed E-state index contributed by atoms with van der Waals surface area (Å²) in [4.78, 5) is 13.0. The van der Waals surface area contributed by atoms with Crippen LogP contribution in [0.25, 0.3) is 0 Å². The van der Waals surface area contributed by atoms with Crippen LogP contribution in [0.4, 0.5) is 10.1 Å². The number of hydrogen-bond acceptors (Lipinski definition) is 3. The number of anilines is 1. The van der Waals surface area contributed by atoms with Crippen LogP contribution in [0.15, 0.2) is 42.5 Å². The van der Waals surface area contributed by atoms with Crippen molar-refractivity contribution in [2.45, 2.75) is 45.7 Å². The second kappa shape index (κ2) is 9.59. The highest BCUT2D eigenvalue weighted by Crippen LogP contribution is 2.27. The third-order valence-electron chi connectivity index (χ3n) is 4.73. The number of nitrogens with zero attached hydrogens (tertiary/aromatic N) is 1. The molecule has 2 atom stereocenters. The SMILES string of the molecule is CCc1ccc([C@H](C)NC(=O)[C@H](CC)N(c2ccc(F)c(Cl)c2)S(C)(=O)=O)cc1. The van der Waals surface area contributed by atoms with E-state index in [9.17, 15) is 17.6 Å². The molecule has 158 valence electrons. The molecule has 0 spiro atoms. The van der Waals surface area contributed by atoms with Gasteiger partial charge in [-0.25, -0.2) is 12.8 Å². The normalized spacial score (nSPS) is 13.6. The molecule has 0 aliphatic rings. The lowest BCUT2D eigenvalue weighted by atomic mass is 10.0. The number of amides is 1. The van der Waals surface area contributed by atoms with Crippen molar-refractivity contribution in [3.05, 3.63) is 64.4 Å². The number of aryl methyl sites for hydroxylation is 1. The highest BCUT2D eigenvalue weighted by atomic mass is 35.5. The molecule has 0 unspecified atom stereocenters. The van der Waals surface area contributed by atoms with Gasteiger partial charge in [0.15, 0.2) is 0 Å². The van der Waals surface area contributed by atoms with Crippen LogP contribution in [0.5, 0.6) is 0 Å². The van der Waals surface area contributed by atoms with Gasteiger partial charge in [-0.1, -0.05) is 49.7 Å². The summed E-state index contributed by atoms with van der Waals surface area (Å²) < 4.78 is 39.5. The van der Waals surface area contributed by atoms with Gasteiger partial charge in [-0.15, -0.1) is 0 Å². The van der Waals surface area contributed by atoms with Gasteiger partial charge in [-0.2, -0.15) is 0 Å². The van der Waals surface area contributed by atoms with Crippen LogP contribution < -0.4 is 9.62 Å². The molecule has 2 rings (SSSR count). The molecule has 0 aliphatic heterocycles. The summed E-state index contributed by atoms with van der Waals surface area (Å²) in [5, 5.41) is 2.67. The number of nitrogens with one attached hydrogen (secondary N) is 1. The Kier molecular flexibility index (Phi) is 7.66. The van der Waals surface area contributed by atoms with Gasteiger partial charge >= 0.3 is 0 Å². The van der Waals surface area contributed by atoms with Crippen molar-refractivity contribution in [1.82, 2.24) is 5.32 Å². The van der Waals surface area contributed by atoms with Crippen molar-refractivity contribution in [2.24, 2.45) is 0 Å². The van der Waals surface area contributed by atoms with E-state index in [1.54, 1.807) is 6.92 Å². The van der Waals surface area contributed by atoms with Gasteiger partial charge in [0.1, 0.15) is 11.9 Å². The van der Waals surface area contributed by atoms with Gasteiger partial charge in [-0.05, 0) is 49.1 Å². The molecule has 0 bridgehead atoms. The first-order valence-corrected chi connectivity index (χ1v) is 11.6. The zero-order valence-electron chi connectivity index (χ0n) is 16.9. The van der Waals surface area contributed by atoms with E-state index in [-0.39, 0.29) is 23.2 Å². The first-order chi connectivity index (χ1) is 13.6. The summed E-state index contributed by atoms with van der Waals surface area (Å²) in [5.41, 5.74) is 2.25.